The molecule has 2 aromatic rings. The Morgan fingerprint density at radius 3 is 2.55 bits per heavy atom. The van der Waals surface area contributed by atoms with Gasteiger partial charge in [0.1, 0.15) is 0 Å². The number of carbonyl (C=O) groups is 2. The van der Waals surface area contributed by atoms with E-state index < -0.39 is 0 Å². The third kappa shape index (κ3) is 5.01. The molecule has 8 heteroatoms. The largest absolute Gasteiger partial charge is 0.382 e. The number of aromatic nitrogens is 2. The Bertz CT molecular complexity index is 898. The SMILES string of the molecule is CCOCCCn1c(NC(=O)C2CCN(C(=O)N3CCCC3)CC2)nc2ccccc21. The van der Waals surface area contributed by atoms with Crippen molar-refractivity contribution in [2.75, 3.05) is 44.7 Å². The van der Waals surface area contributed by atoms with Crippen molar-refractivity contribution in [1.29, 1.82) is 0 Å². The van der Waals surface area contributed by atoms with Gasteiger partial charge in [0.15, 0.2) is 0 Å². The van der Waals surface area contributed by atoms with E-state index in [2.05, 4.69) is 14.9 Å². The highest BCUT2D eigenvalue weighted by atomic mass is 16.5. The second-order valence-corrected chi connectivity index (χ2v) is 8.35. The fraction of sp³-hybridized carbons (Fsp3) is 0.609. The normalized spacial score (nSPS) is 17.5. The first kappa shape index (κ1) is 21.6. The lowest BCUT2D eigenvalue weighted by molar-refractivity contribution is -0.121. The molecule has 168 valence electrons. The summed E-state index contributed by atoms with van der Waals surface area (Å²) < 4.78 is 7.54. The number of piperidine rings is 1. The molecule has 0 spiro atoms. The Balaban J connectivity index is 1.37. The number of fused-ring (bicyclic) bond motifs is 1. The van der Waals surface area contributed by atoms with Crippen LogP contribution in [0.15, 0.2) is 24.3 Å². The van der Waals surface area contributed by atoms with Crippen LogP contribution in [0.5, 0.6) is 0 Å². The van der Waals surface area contributed by atoms with Gasteiger partial charge in [0.05, 0.1) is 11.0 Å². The second kappa shape index (κ2) is 10.1. The average molecular weight is 428 g/mol. The number of ether oxygens (including phenoxy) is 1. The molecule has 3 heterocycles. The van der Waals surface area contributed by atoms with E-state index in [4.69, 9.17) is 4.74 Å². The van der Waals surface area contributed by atoms with Gasteiger partial charge in [-0.1, -0.05) is 12.1 Å². The van der Waals surface area contributed by atoms with Gasteiger partial charge in [0, 0.05) is 51.9 Å². The molecule has 4 rings (SSSR count). The van der Waals surface area contributed by atoms with Gasteiger partial charge in [-0.3, -0.25) is 10.1 Å². The van der Waals surface area contributed by atoms with Crippen LogP contribution in [0.4, 0.5) is 10.7 Å². The Morgan fingerprint density at radius 1 is 1.10 bits per heavy atom. The van der Waals surface area contributed by atoms with Gasteiger partial charge in [0.25, 0.3) is 0 Å². The Labute approximate surface area is 183 Å². The van der Waals surface area contributed by atoms with Crippen LogP contribution in [-0.2, 0) is 16.1 Å². The van der Waals surface area contributed by atoms with Gasteiger partial charge in [-0.2, -0.15) is 0 Å². The third-order valence-electron chi connectivity index (χ3n) is 6.28. The molecule has 2 fully saturated rings. The van der Waals surface area contributed by atoms with Crippen LogP contribution in [0.1, 0.15) is 39.0 Å². The summed E-state index contributed by atoms with van der Waals surface area (Å²) in [6.07, 6.45) is 4.42. The molecular weight excluding hydrogens is 394 g/mol. The molecule has 2 aliphatic heterocycles. The molecule has 2 saturated heterocycles. The molecule has 8 nitrogen and oxygen atoms in total. The molecular formula is C23H33N5O3. The van der Waals surface area contributed by atoms with Crippen molar-refractivity contribution in [2.45, 2.75) is 45.6 Å². The predicted octanol–water partition coefficient (Wildman–Crippen LogP) is 3.33. The molecule has 31 heavy (non-hydrogen) atoms. The number of imidazole rings is 1. The number of nitrogens with one attached hydrogen (secondary N) is 1. The summed E-state index contributed by atoms with van der Waals surface area (Å²) in [7, 11) is 0. The Hall–Kier alpha value is -2.61. The predicted molar refractivity (Wildman–Crippen MR) is 120 cm³/mol. The zero-order valence-electron chi connectivity index (χ0n) is 18.4. The number of rotatable bonds is 7. The van der Waals surface area contributed by atoms with Crippen LogP contribution in [0, 0.1) is 5.92 Å². The number of likely N-dealkylation sites (tertiary alicyclic amines) is 2. The summed E-state index contributed by atoms with van der Waals surface area (Å²) in [4.78, 5) is 34.1. The third-order valence-corrected chi connectivity index (χ3v) is 6.28. The van der Waals surface area contributed by atoms with Crippen molar-refractivity contribution in [3.05, 3.63) is 24.3 Å². The molecule has 1 aromatic heterocycles. The molecule has 0 saturated carbocycles. The summed E-state index contributed by atoms with van der Waals surface area (Å²) in [6.45, 7) is 7.10. The summed E-state index contributed by atoms with van der Waals surface area (Å²) in [5.74, 6) is 0.493. The minimum Gasteiger partial charge on any atom is -0.382 e. The van der Waals surface area contributed by atoms with Gasteiger partial charge < -0.3 is 19.1 Å². The van der Waals surface area contributed by atoms with E-state index in [1.165, 1.54) is 0 Å². The van der Waals surface area contributed by atoms with Crippen molar-refractivity contribution in [3.8, 4) is 0 Å². The Morgan fingerprint density at radius 2 is 1.81 bits per heavy atom. The average Bonchev–Trinajstić information content (AvgIpc) is 3.45. The van der Waals surface area contributed by atoms with Crippen LogP contribution in [0.2, 0.25) is 0 Å². The first-order valence-corrected chi connectivity index (χ1v) is 11.5. The molecule has 0 bridgehead atoms. The molecule has 2 aliphatic rings. The molecule has 0 unspecified atom stereocenters. The van der Waals surface area contributed by atoms with E-state index in [1.807, 2.05) is 41.0 Å². The lowest BCUT2D eigenvalue weighted by Gasteiger charge is -2.34. The van der Waals surface area contributed by atoms with Gasteiger partial charge in [-0.05, 0) is 51.2 Å². The van der Waals surface area contributed by atoms with Crippen molar-refractivity contribution < 1.29 is 14.3 Å². The van der Waals surface area contributed by atoms with Gasteiger partial charge in [0.2, 0.25) is 11.9 Å². The molecule has 0 radical (unpaired) electrons. The zero-order valence-corrected chi connectivity index (χ0v) is 18.4. The fourth-order valence-electron chi connectivity index (χ4n) is 4.52. The van der Waals surface area contributed by atoms with Crippen molar-refractivity contribution in [2.24, 2.45) is 5.92 Å². The fourth-order valence-corrected chi connectivity index (χ4v) is 4.52. The molecule has 3 amide bonds. The minimum absolute atomic E-state index is 0.00497. The number of para-hydroxylation sites is 2. The van der Waals surface area contributed by atoms with Crippen LogP contribution in [0.3, 0.4) is 0 Å². The standard InChI is InChI=1S/C23H33N5O3/c1-2-31-17-7-14-28-20-9-4-3-8-19(20)24-22(28)25-21(29)18-10-15-27(16-11-18)23(30)26-12-5-6-13-26/h3-4,8-9,18H,2,5-7,10-17H2,1H3,(H,24,25,29). The quantitative estimate of drug-likeness (QED) is 0.688. The molecule has 1 N–H and O–H groups in total. The van der Waals surface area contributed by atoms with Gasteiger partial charge >= 0.3 is 6.03 Å². The highest BCUT2D eigenvalue weighted by molar-refractivity contribution is 5.93. The van der Waals surface area contributed by atoms with Crippen LogP contribution in [-0.4, -0.2) is 70.7 Å². The highest BCUT2D eigenvalue weighted by Crippen LogP contribution is 2.24. The maximum atomic E-state index is 13.0. The molecule has 1 aromatic carbocycles. The van der Waals surface area contributed by atoms with Gasteiger partial charge in [-0.25, -0.2) is 9.78 Å². The van der Waals surface area contributed by atoms with E-state index in [9.17, 15) is 9.59 Å². The maximum Gasteiger partial charge on any atom is 0.319 e. The number of anilines is 1. The van der Waals surface area contributed by atoms with Gasteiger partial charge in [-0.15, -0.1) is 0 Å². The van der Waals surface area contributed by atoms with Crippen LogP contribution < -0.4 is 5.32 Å². The van der Waals surface area contributed by atoms with Crippen molar-refractivity contribution in [1.82, 2.24) is 19.4 Å². The Kier molecular flexibility index (Phi) is 7.06. The lowest BCUT2D eigenvalue weighted by Crippen LogP contribution is -2.47. The summed E-state index contributed by atoms with van der Waals surface area (Å²) in [5.41, 5.74) is 1.89. The van der Waals surface area contributed by atoms with E-state index in [0.717, 1.165) is 49.9 Å². The van der Waals surface area contributed by atoms with E-state index in [1.54, 1.807) is 0 Å². The maximum absolute atomic E-state index is 13.0. The molecule has 0 atom stereocenters. The number of amides is 3. The number of carbonyl (C=O) groups excluding carboxylic acids is 2. The van der Waals surface area contributed by atoms with Crippen molar-refractivity contribution in [3.63, 3.8) is 0 Å². The minimum atomic E-state index is -0.0979. The topological polar surface area (TPSA) is 79.7 Å². The van der Waals surface area contributed by atoms with E-state index >= 15 is 0 Å². The first-order valence-electron chi connectivity index (χ1n) is 11.5. The second-order valence-electron chi connectivity index (χ2n) is 8.35. The number of urea groups is 1. The number of benzene rings is 1. The highest BCUT2D eigenvalue weighted by Gasteiger charge is 2.31. The van der Waals surface area contributed by atoms with Crippen molar-refractivity contribution >= 4 is 28.9 Å². The lowest BCUT2D eigenvalue weighted by atomic mass is 9.96. The van der Waals surface area contributed by atoms with E-state index in [-0.39, 0.29) is 17.9 Å². The monoisotopic (exact) mass is 427 g/mol. The summed E-state index contributed by atoms with van der Waals surface area (Å²) >= 11 is 0. The van der Waals surface area contributed by atoms with Crippen LogP contribution in [0.25, 0.3) is 11.0 Å². The number of nitrogens with zero attached hydrogens (tertiary/aromatic N) is 4. The van der Waals surface area contributed by atoms with Crippen LogP contribution >= 0.6 is 0 Å². The number of hydrogen-bond acceptors (Lipinski definition) is 4. The first-order chi connectivity index (χ1) is 15.2. The summed E-state index contributed by atoms with van der Waals surface area (Å²) in [6, 6.07) is 8.07. The van der Waals surface area contributed by atoms with E-state index in [0.29, 0.717) is 45.1 Å². The zero-order chi connectivity index (χ0) is 21.6. The molecule has 0 aliphatic carbocycles. The number of aryl methyl sites for hydroxylation is 1. The summed E-state index contributed by atoms with van der Waals surface area (Å²) in [5, 5.41) is 3.07. The number of hydrogen-bond donors (Lipinski definition) is 1. The smallest absolute Gasteiger partial charge is 0.319 e.